The number of hydrogen-bond donors (Lipinski definition) is 1. The van der Waals surface area contributed by atoms with Gasteiger partial charge >= 0.3 is 0 Å². The minimum Gasteiger partial charge on any atom is -0.354 e. The van der Waals surface area contributed by atoms with E-state index in [4.69, 9.17) is 9.97 Å². The Bertz CT molecular complexity index is 939. The Kier molecular flexibility index (Phi) is 6.00. The zero-order valence-electron chi connectivity index (χ0n) is 16.7. The number of nitrogens with zero attached hydrogens (tertiary/aromatic N) is 4. The normalized spacial score (nSPS) is 14.8. The number of halogens is 1. The number of nitrogens with one attached hydrogen (secondary N) is 1. The van der Waals surface area contributed by atoms with Gasteiger partial charge in [0.25, 0.3) is 0 Å². The standard InChI is InChI=1S/C23H26FN5/c1-28-13-15-29(16-14-28)22-17-21(19-8-3-2-4-9-19)26-23(27-22)25-12-11-18-7-5-6-10-20(18)24/h2-10,17H,11-16H2,1H3,(H,25,26,27). The highest BCUT2D eigenvalue weighted by molar-refractivity contribution is 5.65. The molecule has 6 heteroatoms. The van der Waals surface area contributed by atoms with Gasteiger partial charge in [-0.25, -0.2) is 9.37 Å². The molecule has 0 saturated carbocycles. The van der Waals surface area contributed by atoms with E-state index in [1.807, 2.05) is 30.3 Å². The van der Waals surface area contributed by atoms with Crippen LogP contribution in [0.2, 0.25) is 0 Å². The van der Waals surface area contributed by atoms with E-state index in [0.717, 1.165) is 43.3 Å². The van der Waals surface area contributed by atoms with Crippen molar-refractivity contribution < 1.29 is 4.39 Å². The number of aromatic nitrogens is 2. The molecular formula is C23H26FN5. The minimum absolute atomic E-state index is 0.175. The molecule has 1 aliphatic rings. The molecule has 0 atom stereocenters. The third-order valence-electron chi connectivity index (χ3n) is 5.24. The van der Waals surface area contributed by atoms with Crippen LogP contribution in [0.1, 0.15) is 5.56 Å². The molecule has 0 radical (unpaired) electrons. The average molecular weight is 391 g/mol. The van der Waals surface area contributed by atoms with Gasteiger partial charge in [0.05, 0.1) is 5.69 Å². The second kappa shape index (κ2) is 9.01. The summed E-state index contributed by atoms with van der Waals surface area (Å²) in [6, 6.07) is 19.1. The maximum atomic E-state index is 13.9. The van der Waals surface area contributed by atoms with Crippen LogP contribution in [0.15, 0.2) is 60.7 Å². The van der Waals surface area contributed by atoms with Gasteiger partial charge in [-0.3, -0.25) is 0 Å². The molecule has 0 bridgehead atoms. The zero-order valence-corrected chi connectivity index (χ0v) is 16.7. The Morgan fingerprint density at radius 1 is 0.931 bits per heavy atom. The highest BCUT2D eigenvalue weighted by Crippen LogP contribution is 2.24. The van der Waals surface area contributed by atoms with Gasteiger partial charge in [-0.1, -0.05) is 48.5 Å². The van der Waals surface area contributed by atoms with Crippen molar-refractivity contribution in [2.75, 3.05) is 50.0 Å². The maximum absolute atomic E-state index is 13.9. The summed E-state index contributed by atoms with van der Waals surface area (Å²) in [5.41, 5.74) is 2.64. The summed E-state index contributed by atoms with van der Waals surface area (Å²) >= 11 is 0. The summed E-state index contributed by atoms with van der Waals surface area (Å²) < 4.78 is 13.9. The molecule has 1 N–H and O–H groups in total. The largest absolute Gasteiger partial charge is 0.354 e. The van der Waals surface area contributed by atoms with E-state index in [2.05, 4.69) is 40.4 Å². The van der Waals surface area contributed by atoms with Gasteiger partial charge in [0.2, 0.25) is 5.95 Å². The molecule has 5 nitrogen and oxygen atoms in total. The van der Waals surface area contributed by atoms with Gasteiger partial charge in [-0.05, 0) is 25.1 Å². The SMILES string of the molecule is CN1CCN(c2cc(-c3ccccc3)nc(NCCc3ccccc3F)n2)CC1. The molecule has 4 rings (SSSR count). The lowest BCUT2D eigenvalue weighted by Gasteiger charge is -2.33. The third-order valence-corrected chi connectivity index (χ3v) is 5.24. The molecule has 3 aromatic rings. The number of anilines is 2. The van der Waals surface area contributed by atoms with Crippen molar-refractivity contribution in [3.8, 4) is 11.3 Å². The Morgan fingerprint density at radius 3 is 2.41 bits per heavy atom. The van der Waals surface area contributed by atoms with Crippen LogP contribution >= 0.6 is 0 Å². The smallest absolute Gasteiger partial charge is 0.225 e. The molecule has 1 fully saturated rings. The lowest BCUT2D eigenvalue weighted by atomic mass is 10.1. The topological polar surface area (TPSA) is 44.3 Å². The molecule has 2 heterocycles. The predicted octanol–water partition coefficient (Wildman–Crippen LogP) is 3.69. The summed E-state index contributed by atoms with van der Waals surface area (Å²) in [7, 11) is 2.14. The molecule has 29 heavy (non-hydrogen) atoms. The Hall–Kier alpha value is -2.99. The molecule has 1 aliphatic heterocycles. The van der Waals surface area contributed by atoms with Crippen LogP contribution in [0.25, 0.3) is 11.3 Å². The summed E-state index contributed by atoms with van der Waals surface area (Å²) in [6.45, 7) is 4.48. The fraction of sp³-hybridized carbons (Fsp3) is 0.304. The van der Waals surface area contributed by atoms with Crippen LogP contribution in [0.5, 0.6) is 0 Å². The quantitative estimate of drug-likeness (QED) is 0.694. The number of benzene rings is 2. The summed E-state index contributed by atoms with van der Waals surface area (Å²) in [5, 5.41) is 3.29. The molecule has 1 saturated heterocycles. The highest BCUT2D eigenvalue weighted by Gasteiger charge is 2.17. The van der Waals surface area contributed by atoms with Crippen molar-refractivity contribution in [1.29, 1.82) is 0 Å². The van der Waals surface area contributed by atoms with Gasteiger partial charge in [0.15, 0.2) is 0 Å². The van der Waals surface area contributed by atoms with Crippen molar-refractivity contribution in [3.63, 3.8) is 0 Å². The van der Waals surface area contributed by atoms with Crippen molar-refractivity contribution in [1.82, 2.24) is 14.9 Å². The number of rotatable bonds is 6. The molecular weight excluding hydrogens is 365 g/mol. The summed E-state index contributed by atoms with van der Waals surface area (Å²) in [6.07, 6.45) is 0.579. The van der Waals surface area contributed by atoms with Gasteiger partial charge in [0.1, 0.15) is 11.6 Å². The third kappa shape index (κ3) is 4.90. The average Bonchev–Trinajstić information content (AvgIpc) is 2.76. The lowest BCUT2D eigenvalue weighted by molar-refractivity contribution is 0.312. The van der Waals surface area contributed by atoms with Crippen LogP contribution in [0.4, 0.5) is 16.2 Å². The first-order chi connectivity index (χ1) is 14.2. The van der Waals surface area contributed by atoms with Gasteiger partial charge < -0.3 is 15.1 Å². The molecule has 0 spiro atoms. The molecule has 0 unspecified atom stereocenters. The highest BCUT2D eigenvalue weighted by atomic mass is 19.1. The van der Waals surface area contributed by atoms with E-state index >= 15 is 0 Å². The van der Waals surface area contributed by atoms with Crippen LogP contribution in [-0.2, 0) is 6.42 Å². The second-order valence-corrected chi connectivity index (χ2v) is 7.36. The van der Waals surface area contributed by atoms with E-state index in [1.165, 1.54) is 6.07 Å². The van der Waals surface area contributed by atoms with Gasteiger partial charge in [-0.15, -0.1) is 0 Å². The van der Waals surface area contributed by atoms with E-state index < -0.39 is 0 Å². The number of hydrogen-bond acceptors (Lipinski definition) is 5. The number of likely N-dealkylation sites (N-methyl/N-ethyl adjacent to an activating group) is 1. The van der Waals surface area contributed by atoms with E-state index in [9.17, 15) is 4.39 Å². The molecule has 2 aromatic carbocycles. The fourth-order valence-corrected chi connectivity index (χ4v) is 3.48. The fourth-order valence-electron chi connectivity index (χ4n) is 3.48. The monoisotopic (exact) mass is 391 g/mol. The Labute approximate surface area is 171 Å². The maximum Gasteiger partial charge on any atom is 0.225 e. The summed E-state index contributed by atoms with van der Waals surface area (Å²) in [4.78, 5) is 14.1. The second-order valence-electron chi connectivity index (χ2n) is 7.36. The first kappa shape index (κ1) is 19.3. The Morgan fingerprint density at radius 2 is 1.66 bits per heavy atom. The molecule has 0 amide bonds. The van der Waals surface area contributed by atoms with Crippen LogP contribution in [-0.4, -0.2) is 54.6 Å². The first-order valence-electron chi connectivity index (χ1n) is 10.0. The van der Waals surface area contributed by atoms with Crippen LogP contribution < -0.4 is 10.2 Å². The lowest BCUT2D eigenvalue weighted by Crippen LogP contribution is -2.44. The zero-order chi connectivity index (χ0) is 20.1. The molecule has 0 aliphatic carbocycles. The molecule has 150 valence electrons. The first-order valence-corrected chi connectivity index (χ1v) is 10.0. The van der Waals surface area contributed by atoms with Crippen molar-refractivity contribution in [2.45, 2.75) is 6.42 Å². The van der Waals surface area contributed by atoms with Crippen LogP contribution in [0.3, 0.4) is 0 Å². The molecule has 1 aromatic heterocycles. The van der Waals surface area contributed by atoms with Crippen molar-refractivity contribution in [2.24, 2.45) is 0 Å². The number of piperazine rings is 1. The van der Waals surface area contributed by atoms with Gasteiger partial charge in [0, 0.05) is 44.4 Å². The van der Waals surface area contributed by atoms with E-state index in [-0.39, 0.29) is 5.82 Å². The summed E-state index contributed by atoms with van der Waals surface area (Å²) in [5.74, 6) is 1.34. The van der Waals surface area contributed by atoms with Crippen molar-refractivity contribution >= 4 is 11.8 Å². The Balaban J connectivity index is 1.55. The minimum atomic E-state index is -0.175. The predicted molar refractivity (Wildman–Crippen MR) is 116 cm³/mol. The van der Waals surface area contributed by atoms with Crippen LogP contribution in [0, 0.1) is 5.82 Å². The van der Waals surface area contributed by atoms with E-state index in [1.54, 1.807) is 6.07 Å². The van der Waals surface area contributed by atoms with Gasteiger partial charge in [-0.2, -0.15) is 4.98 Å². The van der Waals surface area contributed by atoms with Crippen molar-refractivity contribution in [3.05, 3.63) is 72.0 Å². The van der Waals surface area contributed by atoms with E-state index in [0.29, 0.717) is 24.5 Å².